The van der Waals surface area contributed by atoms with E-state index >= 15 is 0 Å². The minimum Gasteiger partial charge on any atom is -0.354 e. The van der Waals surface area contributed by atoms with Gasteiger partial charge in [-0.2, -0.15) is 0 Å². The fourth-order valence-electron chi connectivity index (χ4n) is 3.64. The first-order valence-corrected chi connectivity index (χ1v) is 7.60. The summed E-state index contributed by atoms with van der Waals surface area (Å²) in [6.45, 7) is 4.74. The monoisotopic (exact) mass is 268 g/mol. The average molecular weight is 268 g/mol. The Morgan fingerprint density at radius 1 is 1.00 bits per heavy atom. The highest BCUT2D eigenvalue weighted by atomic mass is 15.3. The zero-order valence-corrected chi connectivity index (χ0v) is 11.7. The van der Waals surface area contributed by atoms with Crippen LogP contribution in [0.1, 0.15) is 19.3 Å². The van der Waals surface area contributed by atoms with E-state index in [1.54, 1.807) is 6.33 Å². The van der Waals surface area contributed by atoms with Gasteiger partial charge in [-0.05, 0) is 37.9 Å². The van der Waals surface area contributed by atoms with Crippen LogP contribution in [0.4, 0.5) is 5.82 Å². The lowest BCUT2D eigenvalue weighted by molar-refractivity contribution is 0.273. The first-order valence-electron chi connectivity index (χ1n) is 7.60. The SMILES string of the molecule is c1ccc2c(N3CCCN4CCCC4C3)ncnc2c1. The summed E-state index contributed by atoms with van der Waals surface area (Å²) in [5.41, 5.74) is 1.05. The van der Waals surface area contributed by atoms with Gasteiger partial charge in [0.05, 0.1) is 5.52 Å². The maximum Gasteiger partial charge on any atom is 0.139 e. The van der Waals surface area contributed by atoms with Crippen molar-refractivity contribution in [2.45, 2.75) is 25.3 Å². The first-order chi connectivity index (χ1) is 9.92. The maximum atomic E-state index is 4.58. The quantitative estimate of drug-likeness (QED) is 0.794. The molecule has 1 atom stereocenters. The Morgan fingerprint density at radius 3 is 2.90 bits per heavy atom. The van der Waals surface area contributed by atoms with Gasteiger partial charge in [0, 0.05) is 31.1 Å². The molecule has 0 aliphatic carbocycles. The second kappa shape index (κ2) is 5.02. The third kappa shape index (κ3) is 2.04. The highest BCUT2D eigenvalue weighted by Crippen LogP contribution is 2.27. The largest absolute Gasteiger partial charge is 0.354 e. The molecule has 2 saturated heterocycles. The molecule has 2 fully saturated rings. The van der Waals surface area contributed by atoms with Crippen LogP contribution in [0.15, 0.2) is 30.6 Å². The Labute approximate surface area is 119 Å². The summed E-state index contributed by atoms with van der Waals surface area (Å²) >= 11 is 0. The van der Waals surface area contributed by atoms with Crippen molar-refractivity contribution in [1.29, 1.82) is 0 Å². The van der Waals surface area contributed by atoms with E-state index < -0.39 is 0 Å². The van der Waals surface area contributed by atoms with Crippen molar-refractivity contribution in [2.75, 3.05) is 31.1 Å². The summed E-state index contributed by atoms with van der Waals surface area (Å²) in [6, 6.07) is 9.04. The molecule has 0 amide bonds. The molecule has 4 nitrogen and oxygen atoms in total. The molecule has 2 aliphatic heterocycles. The summed E-state index contributed by atoms with van der Waals surface area (Å²) in [6.07, 6.45) is 5.62. The molecule has 0 spiro atoms. The normalized spacial score (nSPS) is 23.8. The molecule has 0 radical (unpaired) electrons. The van der Waals surface area contributed by atoms with Gasteiger partial charge < -0.3 is 4.90 Å². The number of aromatic nitrogens is 2. The number of anilines is 1. The number of para-hydroxylation sites is 1. The van der Waals surface area contributed by atoms with Gasteiger partial charge in [0.1, 0.15) is 12.1 Å². The molecule has 4 rings (SSSR count). The molecule has 2 aromatic rings. The van der Waals surface area contributed by atoms with Gasteiger partial charge in [0.2, 0.25) is 0 Å². The minimum atomic E-state index is 0.714. The highest BCUT2D eigenvalue weighted by molar-refractivity contribution is 5.89. The van der Waals surface area contributed by atoms with Crippen LogP contribution >= 0.6 is 0 Å². The number of hydrogen-bond donors (Lipinski definition) is 0. The van der Waals surface area contributed by atoms with Crippen molar-refractivity contribution in [3.8, 4) is 0 Å². The third-order valence-corrected chi connectivity index (χ3v) is 4.62. The summed E-state index contributed by atoms with van der Waals surface area (Å²) in [5, 5.41) is 1.18. The van der Waals surface area contributed by atoms with Gasteiger partial charge in [-0.25, -0.2) is 9.97 Å². The Morgan fingerprint density at radius 2 is 1.90 bits per heavy atom. The van der Waals surface area contributed by atoms with Gasteiger partial charge >= 0.3 is 0 Å². The second-order valence-electron chi connectivity index (χ2n) is 5.85. The topological polar surface area (TPSA) is 32.3 Å². The van der Waals surface area contributed by atoms with E-state index in [0.29, 0.717) is 6.04 Å². The lowest BCUT2D eigenvalue weighted by Gasteiger charge is -2.27. The standard InChI is InChI=1S/C16H20N4/c1-2-7-15-14(6-1)16(18-12-17-15)20-10-4-9-19-8-3-5-13(19)11-20/h1-2,6-7,12-13H,3-5,8-11H2. The molecule has 2 aliphatic rings. The Kier molecular flexibility index (Phi) is 3.03. The molecule has 104 valence electrons. The number of nitrogens with zero attached hydrogens (tertiary/aromatic N) is 4. The van der Waals surface area contributed by atoms with Crippen LogP contribution in [0.25, 0.3) is 10.9 Å². The molecular weight excluding hydrogens is 248 g/mol. The van der Waals surface area contributed by atoms with E-state index in [1.165, 1.54) is 37.7 Å². The van der Waals surface area contributed by atoms with Gasteiger partial charge in [0.15, 0.2) is 0 Å². The maximum absolute atomic E-state index is 4.58. The van der Waals surface area contributed by atoms with Crippen molar-refractivity contribution < 1.29 is 0 Å². The van der Waals surface area contributed by atoms with Gasteiger partial charge in [0.25, 0.3) is 0 Å². The van der Waals surface area contributed by atoms with Crippen LogP contribution in [0.5, 0.6) is 0 Å². The molecule has 1 aromatic heterocycles. The van der Waals surface area contributed by atoms with Crippen molar-refractivity contribution in [3.63, 3.8) is 0 Å². The smallest absolute Gasteiger partial charge is 0.139 e. The summed E-state index contributed by atoms with van der Waals surface area (Å²) in [5.74, 6) is 1.12. The number of benzene rings is 1. The Bertz CT molecular complexity index is 607. The molecule has 20 heavy (non-hydrogen) atoms. The molecule has 1 unspecified atom stereocenters. The van der Waals surface area contributed by atoms with Crippen LogP contribution in [-0.4, -0.2) is 47.1 Å². The lowest BCUT2D eigenvalue weighted by atomic mass is 10.2. The van der Waals surface area contributed by atoms with Crippen LogP contribution < -0.4 is 4.90 Å². The molecule has 0 N–H and O–H groups in total. The first kappa shape index (κ1) is 12.1. The molecular formula is C16H20N4. The predicted octanol–water partition coefficient (Wildman–Crippen LogP) is 2.30. The lowest BCUT2D eigenvalue weighted by Crippen LogP contribution is -2.37. The van der Waals surface area contributed by atoms with Crippen LogP contribution in [0, 0.1) is 0 Å². The Hall–Kier alpha value is -1.68. The summed E-state index contributed by atoms with van der Waals surface area (Å²) in [4.78, 5) is 14.1. The second-order valence-corrected chi connectivity index (χ2v) is 5.85. The van der Waals surface area contributed by atoms with Crippen LogP contribution in [0.3, 0.4) is 0 Å². The zero-order valence-electron chi connectivity index (χ0n) is 11.7. The average Bonchev–Trinajstić information content (AvgIpc) is 2.84. The van der Waals surface area contributed by atoms with Gasteiger partial charge in [-0.3, -0.25) is 4.90 Å². The number of hydrogen-bond acceptors (Lipinski definition) is 4. The molecule has 0 bridgehead atoms. The predicted molar refractivity (Wildman–Crippen MR) is 81.0 cm³/mol. The van der Waals surface area contributed by atoms with Gasteiger partial charge in [-0.1, -0.05) is 12.1 Å². The highest BCUT2D eigenvalue weighted by Gasteiger charge is 2.29. The Balaban J connectivity index is 1.71. The number of rotatable bonds is 1. The van der Waals surface area contributed by atoms with Crippen LogP contribution in [-0.2, 0) is 0 Å². The van der Waals surface area contributed by atoms with Crippen LogP contribution in [0.2, 0.25) is 0 Å². The van der Waals surface area contributed by atoms with E-state index in [4.69, 9.17) is 0 Å². The molecule has 4 heteroatoms. The van der Waals surface area contributed by atoms with E-state index in [2.05, 4.69) is 38.0 Å². The third-order valence-electron chi connectivity index (χ3n) is 4.62. The minimum absolute atomic E-state index is 0.714. The fourth-order valence-corrected chi connectivity index (χ4v) is 3.64. The molecule has 1 aromatic carbocycles. The summed E-state index contributed by atoms with van der Waals surface area (Å²) < 4.78 is 0. The van der Waals surface area contributed by atoms with Crippen molar-refractivity contribution in [1.82, 2.24) is 14.9 Å². The van der Waals surface area contributed by atoms with Crippen molar-refractivity contribution in [2.24, 2.45) is 0 Å². The van der Waals surface area contributed by atoms with Crippen molar-refractivity contribution >= 4 is 16.7 Å². The van der Waals surface area contributed by atoms with E-state index in [1.807, 2.05) is 6.07 Å². The van der Waals surface area contributed by atoms with Gasteiger partial charge in [-0.15, -0.1) is 0 Å². The summed E-state index contributed by atoms with van der Waals surface area (Å²) in [7, 11) is 0. The molecule has 0 saturated carbocycles. The zero-order chi connectivity index (χ0) is 13.4. The number of fused-ring (bicyclic) bond motifs is 2. The fraction of sp³-hybridized carbons (Fsp3) is 0.500. The van der Waals surface area contributed by atoms with E-state index in [9.17, 15) is 0 Å². The van der Waals surface area contributed by atoms with E-state index in [-0.39, 0.29) is 0 Å². The van der Waals surface area contributed by atoms with E-state index in [0.717, 1.165) is 24.4 Å². The van der Waals surface area contributed by atoms with Crippen molar-refractivity contribution in [3.05, 3.63) is 30.6 Å². The molecule has 3 heterocycles.